The third kappa shape index (κ3) is 1.65. The van der Waals surface area contributed by atoms with Crippen molar-refractivity contribution in [2.75, 3.05) is 6.61 Å². The normalized spacial score (nSPS) is 24.8. The number of aryl methyl sites for hydroxylation is 1. The molecule has 0 saturated carbocycles. The highest BCUT2D eigenvalue weighted by Gasteiger charge is 2.45. The van der Waals surface area contributed by atoms with Crippen molar-refractivity contribution >= 4 is 28.4 Å². The molecule has 14 heavy (non-hydrogen) atoms. The van der Waals surface area contributed by atoms with E-state index in [4.69, 9.17) is 27.9 Å². The lowest BCUT2D eigenvalue weighted by Crippen LogP contribution is -2.02. The molecule has 1 aliphatic heterocycles. The number of hydrogen-bond donors (Lipinski definition) is 0. The Morgan fingerprint density at radius 2 is 2.21 bits per heavy atom. The third-order valence-corrected chi connectivity index (χ3v) is 2.89. The van der Waals surface area contributed by atoms with Gasteiger partial charge in [-0.3, -0.25) is 4.79 Å². The van der Waals surface area contributed by atoms with E-state index in [9.17, 15) is 4.79 Å². The van der Waals surface area contributed by atoms with Gasteiger partial charge in [0.05, 0.1) is 6.61 Å². The van der Waals surface area contributed by atoms with E-state index >= 15 is 0 Å². The molecule has 1 aromatic rings. The Balaban J connectivity index is 2.41. The highest BCUT2D eigenvalue weighted by molar-refractivity contribution is 6.67. The van der Waals surface area contributed by atoms with Crippen LogP contribution in [-0.4, -0.2) is 11.8 Å². The van der Waals surface area contributed by atoms with Crippen LogP contribution < -0.4 is 0 Å². The molecule has 0 aromatic heterocycles. The molecular formula is C10H8Cl2O2. The topological polar surface area (TPSA) is 29.6 Å². The third-order valence-electron chi connectivity index (χ3n) is 2.25. The van der Waals surface area contributed by atoms with Crippen molar-refractivity contribution in [2.45, 2.75) is 12.0 Å². The summed E-state index contributed by atoms with van der Waals surface area (Å²) < 4.78 is 5.11. The molecule has 1 aliphatic rings. The van der Waals surface area contributed by atoms with Gasteiger partial charge in [-0.05, 0) is 36.2 Å². The second-order valence-electron chi connectivity index (χ2n) is 3.32. The molecule has 2 rings (SSSR count). The van der Waals surface area contributed by atoms with Crippen LogP contribution in [0, 0.1) is 6.92 Å². The largest absolute Gasteiger partial charge is 0.348 e. The van der Waals surface area contributed by atoms with Gasteiger partial charge in [0.25, 0.3) is 5.24 Å². The number of benzene rings is 1. The lowest BCUT2D eigenvalue weighted by atomic mass is 10.0. The van der Waals surface area contributed by atoms with Crippen LogP contribution in [0.25, 0.3) is 0 Å². The quantitative estimate of drug-likeness (QED) is 0.445. The fourth-order valence-corrected chi connectivity index (χ4v) is 1.81. The molecule has 74 valence electrons. The van der Waals surface area contributed by atoms with Crippen molar-refractivity contribution in [3.63, 3.8) is 0 Å². The first-order valence-electron chi connectivity index (χ1n) is 4.17. The maximum atomic E-state index is 10.9. The van der Waals surface area contributed by atoms with Crippen LogP contribution >= 0.6 is 23.2 Å². The summed E-state index contributed by atoms with van der Waals surface area (Å²) in [6.45, 7) is 2.40. The number of carbonyl (C=O) groups is 1. The molecule has 0 radical (unpaired) electrons. The summed E-state index contributed by atoms with van der Waals surface area (Å²) in [6.07, 6.45) is 0. The van der Waals surface area contributed by atoms with Crippen molar-refractivity contribution in [3.8, 4) is 0 Å². The minimum absolute atomic E-state index is 0.458. The van der Waals surface area contributed by atoms with Crippen molar-refractivity contribution in [2.24, 2.45) is 0 Å². The molecular weight excluding hydrogens is 223 g/mol. The van der Waals surface area contributed by atoms with Gasteiger partial charge in [-0.2, -0.15) is 0 Å². The van der Waals surface area contributed by atoms with Crippen molar-refractivity contribution in [3.05, 3.63) is 34.9 Å². The van der Waals surface area contributed by atoms with E-state index in [2.05, 4.69) is 0 Å². The van der Waals surface area contributed by atoms with E-state index in [1.165, 1.54) is 0 Å². The monoisotopic (exact) mass is 230 g/mol. The summed E-state index contributed by atoms with van der Waals surface area (Å²) in [5.41, 5.74) is 2.30. The van der Waals surface area contributed by atoms with Gasteiger partial charge in [0.1, 0.15) is 0 Å². The van der Waals surface area contributed by atoms with Gasteiger partial charge < -0.3 is 4.74 Å². The van der Waals surface area contributed by atoms with Crippen LogP contribution in [-0.2, 0) is 9.80 Å². The number of carbonyl (C=O) groups excluding carboxylic acids is 1. The van der Waals surface area contributed by atoms with Crippen molar-refractivity contribution in [1.29, 1.82) is 0 Å². The van der Waals surface area contributed by atoms with E-state index in [0.717, 1.165) is 11.1 Å². The Labute approximate surface area is 91.8 Å². The highest BCUT2D eigenvalue weighted by Crippen LogP contribution is 2.44. The zero-order chi connectivity index (χ0) is 10.3. The first kappa shape index (κ1) is 9.97. The minimum atomic E-state index is -0.669. The van der Waals surface area contributed by atoms with Crippen LogP contribution in [0.15, 0.2) is 18.2 Å². The average Bonchev–Trinajstić information content (AvgIpc) is 2.84. The molecule has 0 aliphatic carbocycles. The van der Waals surface area contributed by atoms with Gasteiger partial charge in [-0.15, -0.1) is 0 Å². The minimum Gasteiger partial charge on any atom is -0.348 e. The van der Waals surface area contributed by atoms with Crippen LogP contribution in [0.5, 0.6) is 0 Å². The van der Waals surface area contributed by atoms with Gasteiger partial charge >= 0.3 is 0 Å². The summed E-state index contributed by atoms with van der Waals surface area (Å²) in [5, 5.41) is -1.13. The second-order valence-corrected chi connectivity index (χ2v) is 4.27. The Bertz CT molecular complexity index is 397. The molecule has 0 amide bonds. The average molecular weight is 231 g/mol. The van der Waals surface area contributed by atoms with Crippen LogP contribution in [0.3, 0.4) is 0 Å². The molecule has 1 aromatic carbocycles. The SMILES string of the molecule is Cc1cc(C(=O)Cl)ccc1C1(Cl)CO1. The molecule has 1 heterocycles. The molecule has 1 saturated heterocycles. The van der Waals surface area contributed by atoms with Crippen molar-refractivity contribution < 1.29 is 9.53 Å². The van der Waals surface area contributed by atoms with E-state index in [1.807, 2.05) is 6.92 Å². The second kappa shape index (κ2) is 3.23. The lowest BCUT2D eigenvalue weighted by molar-refractivity contribution is 0.108. The zero-order valence-electron chi connectivity index (χ0n) is 7.51. The standard InChI is InChI=1S/C10H8Cl2O2/c1-6-4-7(9(11)13)2-3-8(6)10(12)5-14-10/h2-4H,5H2,1H3. The summed E-state index contributed by atoms with van der Waals surface area (Å²) in [6, 6.07) is 5.16. The highest BCUT2D eigenvalue weighted by atomic mass is 35.5. The number of ether oxygens (including phenoxy) is 1. The predicted molar refractivity (Wildman–Crippen MR) is 54.8 cm³/mol. The Kier molecular flexibility index (Phi) is 2.30. The fourth-order valence-electron chi connectivity index (χ4n) is 1.42. The first-order chi connectivity index (χ1) is 6.53. The first-order valence-corrected chi connectivity index (χ1v) is 4.92. The molecule has 1 fully saturated rings. The van der Waals surface area contributed by atoms with E-state index in [1.54, 1.807) is 18.2 Å². The molecule has 1 atom stereocenters. The van der Waals surface area contributed by atoms with Crippen molar-refractivity contribution in [1.82, 2.24) is 0 Å². The summed E-state index contributed by atoms with van der Waals surface area (Å²) in [7, 11) is 0. The summed E-state index contributed by atoms with van der Waals surface area (Å²) in [5.74, 6) is 0. The number of rotatable bonds is 2. The Hall–Kier alpha value is -0.570. The molecule has 0 spiro atoms. The summed E-state index contributed by atoms with van der Waals surface area (Å²) in [4.78, 5) is 10.9. The van der Waals surface area contributed by atoms with E-state index in [-0.39, 0.29) is 0 Å². The van der Waals surface area contributed by atoms with Crippen LogP contribution in [0.1, 0.15) is 21.5 Å². The molecule has 0 bridgehead atoms. The predicted octanol–water partition coefficient (Wildman–Crippen LogP) is 2.80. The van der Waals surface area contributed by atoms with Gasteiger partial charge in [-0.1, -0.05) is 17.7 Å². The number of alkyl halides is 1. The van der Waals surface area contributed by atoms with Gasteiger partial charge in [0.15, 0.2) is 5.06 Å². The maximum Gasteiger partial charge on any atom is 0.252 e. The van der Waals surface area contributed by atoms with Gasteiger partial charge in [-0.25, -0.2) is 0 Å². The zero-order valence-corrected chi connectivity index (χ0v) is 9.02. The Morgan fingerprint density at radius 1 is 1.57 bits per heavy atom. The van der Waals surface area contributed by atoms with Gasteiger partial charge in [0.2, 0.25) is 0 Å². The summed E-state index contributed by atoms with van der Waals surface area (Å²) >= 11 is 11.4. The lowest BCUT2D eigenvalue weighted by Gasteiger charge is -2.08. The molecule has 4 heteroatoms. The molecule has 2 nitrogen and oxygen atoms in total. The number of epoxide rings is 1. The maximum absolute atomic E-state index is 10.9. The smallest absolute Gasteiger partial charge is 0.252 e. The van der Waals surface area contributed by atoms with Gasteiger partial charge in [0, 0.05) is 11.1 Å². The molecule has 1 unspecified atom stereocenters. The number of halogens is 2. The van der Waals surface area contributed by atoms with E-state index in [0.29, 0.717) is 12.2 Å². The van der Waals surface area contributed by atoms with Crippen LogP contribution in [0.2, 0.25) is 0 Å². The van der Waals surface area contributed by atoms with Crippen LogP contribution in [0.4, 0.5) is 0 Å². The fraction of sp³-hybridized carbons (Fsp3) is 0.300. The molecule has 0 N–H and O–H groups in total. The van der Waals surface area contributed by atoms with E-state index < -0.39 is 10.3 Å². The Morgan fingerprint density at radius 3 is 2.64 bits per heavy atom. The number of hydrogen-bond acceptors (Lipinski definition) is 2.